The lowest BCUT2D eigenvalue weighted by atomic mass is 10.2. The predicted molar refractivity (Wildman–Crippen MR) is 91.3 cm³/mol. The van der Waals surface area contributed by atoms with Crippen LogP contribution in [-0.4, -0.2) is 24.2 Å². The van der Waals surface area contributed by atoms with Crippen LogP contribution in [0.15, 0.2) is 18.2 Å². The van der Waals surface area contributed by atoms with Crippen molar-refractivity contribution < 1.29 is 9.47 Å². The van der Waals surface area contributed by atoms with Crippen molar-refractivity contribution in [3.63, 3.8) is 0 Å². The summed E-state index contributed by atoms with van der Waals surface area (Å²) in [5.74, 6) is 3.19. The minimum atomic E-state index is 0.415. The highest BCUT2D eigenvalue weighted by molar-refractivity contribution is 6.32. The van der Waals surface area contributed by atoms with E-state index in [1.807, 2.05) is 0 Å². The monoisotopic (exact) mass is 353 g/mol. The molecule has 0 amide bonds. The average molecular weight is 354 g/mol. The van der Waals surface area contributed by atoms with E-state index in [0.29, 0.717) is 39.1 Å². The van der Waals surface area contributed by atoms with Crippen molar-refractivity contribution in [1.82, 2.24) is 9.97 Å². The SMILES string of the molecule is COc1cc(Nc2cc(Cl)nc(CC3CC3)n2)c(OC)cc1Cl. The van der Waals surface area contributed by atoms with E-state index in [4.69, 9.17) is 32.7 Å². The van der Waals surface area contributed by atoms with Crippen LogP contribution in [0.1, 0.15) is 18.7 Å². The fourth-order valence-electron chi connectivity index (χ4n) is 2.30. The van der Waals surface area contributed by atoms with Gasteiger partial charge in [0.2, 0.25) is 0 Å². The molecular weight excluding hydrogens is 337 g/mol. The van der Waals surface area contributed by atoms with Crippen LogP contribution in [0.4, 0.5) is 11.5 Å². The minimum Gasteiger partial charge on any atom is -0.495 e. The maximum absolute atomic E-state index is 6.12. The van der Waals surface area contributed by atoms with Crippen molar-refractivity contribution in [3.05, 3.63) is 34.2 Å². The van der Waals surface area contributed by atoms with Gasteiger partial charge in [0.05, 0.1) is 24.9 Å². The Balaban J connectivity index is 1.89. The molecule has 0 bridgehead atoms. The molecule has 1 fully saturated rings. The van der Waals surface area contributed by atoms with Crippen molar-refractivity contribution in [1.29, 1.82) is 0 Å². The molecule has 23 heavy (non-hydrogen) atoms. The van der Waals surface area contributed by atoms with Gasteiger partial charge in [-0.1, -0.05) is 23.2 Å². The number of halogens is 2. The predicted octanol–water partition coefficient (Wildman–Crippen LogP) is 4.50. The molecule has 5 nitrogen and oxygen atoms in total. The van der Waals surface area contributed by atoms with Crippen molar-refractivity contribution in [2.45, 2.75) is 19.3 Å². The summed E-state index contributed by atoms with van der Waals surface area (Å²) in [7, 11) is 3.14. The van der Waals surface area contributed by atoms with Gasteiger partial charge in [0.1, 0.15) is 28.3 Å². The number of anilines is 2. The second kappa shape index (κ2) is 6.81. The largest absolute Gasteiger partial charge is 0.495 e. The van der Waals surface area contributed by atoms with E-state index in [-0.39, 0.29) is 0 Å². The van der Waals surface area contributed by atoms with Crippen LogP contribution in [0.3, 0.4) is 0 Å². The fourth-order valence-corrected chi connectivity index (χ4v) is 2.73. The number of rotatable bonds is 6. The molecule has 0 unspecified atom stereocenters. The van der Waals surface area contributed by atoms with E-state index in [1.165, 1.54) is 12.8 Å². The number of hydrogen-bond acceptors (Lipinski definition) is 5. The third kappa shape index (κ3) is 3.98. The summed E-state index contributed by atoms with van der Waals surface area (Å²) in [6, 6.07) is 5.13. The Kier molecular flexibility index (Phi) is 4.78. The summed E-state index contributed by atoms with van der Waals surface area (Å²) in [6.07, 6.45) is 3.33. The maximum Gasteiger partial charge on any atom is 0.144 e. The van der Waals surface area contributed by atoms with Crippen molar-refractivity contribution in [2.75, 3.05) is 19.5 Å². The van der Waals surface area contributed by atoms with Gasteiger partial charge in [-0.05, 0) is 18.8 Å². The first-order valence-electron chi connectivity index (χ1n) is 7.31. The van der Waals surface area contributed by atoms with Gasteiger partial charge >= 0.3 is 0 Å². The van der Waals surface area contributed by atoms with Crippen LogP contribution in [0, 0.1) is 5.92 Å². The van der Waals surface area contributed by atoms with Gasteiger partial charge in [-0.15, -0.1) is 0 Å². The molecule has 0 aliphatic heterocycles. The average Bonchev–Trinajstić information content (AvgIpc) is 3.32. The third-order valence-electron chi connectivity index (χ3n) is 3.65. The maximum atomic E-state index is 6.12. The molecule has 2 aromatic rings. The number of aromatic nitrogens is 2. The molecule has 1 saturated carbocycles. The Morgan fingerprint density at radius 2 is 1.83 bits per heavy atom. The number of hydrogen-bond donors (Lipinski definition) is 1. The molecule has 0 radical (unpaired) electrons. The van der Waals surface area contributed by atoms with Gasteiger partial charge in [0, 0.05) is 24.6 Å². The molecule has 1 N–H and O–H groups in total. The van der Waals surface area contributed by atoms with Gasteiger partial charge < -0.3 is 14.8 Å². The summed E-state index contributed by atoms with van der Waals surface area (Å²) >= 11 is 12.2. The standard InChI is InChI=1S/C16H17Cl2N3O2/c1-22-12-7-11(13(23-2)6-10(12)17)19-16-8-14(18)20-15(21-16)5-9-3-4-9/h6-9H,3-5H2,1-2H3,(H,19,20,21). The number of methoxy groups -OCH3 is 2. The number of nitrogens with zero attached hydrogens (tertiary/aromatic N) is 2. The first-order valence-corrected chi connectivity index (χ1v) is 8.06. The normalized spacial score (nSPS) is 13.7. The van der Waals surface area contributed by atoms with E-state index in [0.717, 1.165) is 12.2 Å². The Labute approximate surface area is 144 Å². The van der Waals surface area contributed by atoms with Gasteiger partial charge in [0.25, 0.3) is 0 Å². The smallest absolute Gasteiger partial charge is 0.144 e. The molecule has 0 atom stereocenters. The molecule has 1 aliphatic rings. The summed E-state index contributed by atoms with van der Waals surface area (Å²) in [5.41, 5.74) is 0.695. The van der Waals surface area contributed by atoms with E-state index in [9.17, 15) is 0 Å². The molecule has 1 heterocycles. The van der Waals surface area contributed by atoms with Gasteiger partial charge in [-0.25, -0.2) is 9.97 Å². The zero-order valence-electron chi connectivity index (χ0n) is 12.9. The van der Waals surface area contributed by atoms with Crippen molar-refractivity contribution in [2.24, 2.45) is 5.92 Å². The highest BCUT2D eigenvalue weighted by atomic mass is 35.5. The summed E-state index contributed by atoms with van der Waals surface area (Å²) in [6.45, 7) is 0. The van der Waals surface area contributed by atoms with Crippen molar-refractivity contribution >= 4 is 34.7 Å². The molecule has 0 saturated heterocycles. The van der Waals surface area contributed by atoms with Gasteiger partial charge in [-0.2, -0.15) is 0 Å². The molecular formula is C16H17Cl2N3O2. The lowest BCUT2D eigenvalue weighted by molar-refractivity contribution is 0.405. The Hall–Kier alpha value is -1.72. The second-order valence-corrected chi connectivity index (χ2v) is 6.25. The molecule has 1 aromatic carbocycles. The lowest BCUT2D eigenvalue weighted by Gasteiger charge is -2.14. The highest BCUT2D eigenvalue weighted by Gasteiger charge is 2.23. The topological polar surface area (TPSA) is 56.3 Å². The van der Waals surface area contributed by atoms with Crippen LogP contribution in [0.5, 0.6) is 11.5 Å². The van der Waals surface area contributed by atoms with Crippen LogP contribution in [0.25, 0.3) is 0 Å². The Bertz CT molecular complexity index is 721. The number of ether oxygens (including phenoxy) is 2. The number of nitrogens with one attached hydrogen (secondary N) is 1. The molecule has 1 aliphatic carbocycles. The van der Waals surface area contributed by atoms with E-state index < -0.39 is 0 Å². The second-order valence-electron chi connectivity index (χ2n) is 5.45. The van der Waals surface area contributed by atoms with Gasteiger partial charge in [-0.3, -0.25) is 0 Å². The molecule has 3 rings (SSSR count). The van der Waals surface area contributed by atoms with E-state index in [1.54, 1.807) is 32.4 Å². The molecule has 0 spiro atoms. The van der Waals surface area contributed by atoms with Crippen LogP contribution in [-0.2, 0) is 6.42 Å². The molecule has 7 heteroatoms. The Morgan fingerprint density at radius 1 is 1.09 bits per heavy atom. The zero-order valence-corrected chi connectivity index (χ0v) is 14.4. The summed E-state index contributed by atoms with van der Waals surface area (Å²) in [4.78, 5) is 8.81. The van der Waals surface area contributed by atoms with E-state index >= 15 is 0 Å². The quantitative estimate of drug-likeness (QED) is 0.775. The third-order valence-corrected chi connectivity index (χ3v) is 4.14. The van der Waals surface area contributed by atoms with Crippen LogP contribution in [0.2, 0.25) is 10.2 Å². The number of benzene rings is 1. The minimum absolute atomic E-state index is 0.415. The van der Waals surface area contributed by atoms with Gasteiger partial charge in [0.15, 0.2) is 0 Å². The first-order chi connectivity index (χ1) is 11.1. The summed E-state index contributed by atoms with van der Waals surface area (Å²) in [5, 5.41) is 4.09. The van der Waals surface area contributed by atoms with E-state index in [2.05, 4.69) is 15.3 Å². The molecule has 1 aromatic heterocycles. The highest BCUT2D eigenvalue weighted by Crippen LogP contribution is 2.37. The summed E-state index contributed by atoms with van der Waals surface area (Å²) < 4.78 is 10.6. The first kappa shape index (κ1) is 16.1. The molecule has 122 valence electrons. The zero-order chi connectivity index (χ0) is 16.4. The Morgan fingerprint density at radius 3 is 2.48 bits per heavy atom. The van der Waals surface area contributed by atoms with Crippen molar-refractivity contribution in [3.8, 4) is 11.5 Å². The van der Waals surface area contributed by atoms with Crippen LogP contribution >= 0.6 is 23.2 Å². The lowest BCUT2D eigenvalue weighted by Crippen LogP contribution is -2.03. The fraction of sp³-hybridized carbons (Fsp3) is 0.375. The van der Waals surface area contributed by atoms with Crippen LogP contribution < -0.4 is 14.8 Å².